The van der Waals surface area contributed by atoms with Crippen molar-refractivity contribution < 1.29 is 4.74 Å². The summed E-state index contributed by atoms with van der Waals surface area (Å²) in [4.78, 5) is 8.30. The average Bonchev–Trinajstić information content (AvgIpc) is 3.37. The lowest BCUT2D eigenvalue weighted by Crippen LogP contribution is -2.17. The van der Waals surface area contributed by atoms with Crippen LogP contribution in [0, 0.1) is 0 Å². The van der Waals surface area contributed by atoms with Crippen LogP contribution >= 0.6 is 11.3 Å². The van der Waals surface area contributed by atoms with E-state index in [0.717, 1.165) is 16.4 Å². The molecule has 3 heterocycles. The molecule has 5 rings (SSSR count). The van der Waals surface area contributed by atoms with Crippen molar-refractivity contribution in [2.24, 2.45) is 0 Å². The Labute approximate surface area is 150 Å². The molecule has 5 heteroatoms. The summed E-state index contributed by atoms with van der Waals surface area (Å²) < 4.78 is 8.68. The lowest BCUT2D eigenvalue weighted by Gasteiger charge is -2.17. The van der Waals surface area contributed by atoms with Crippen LogP contribution in [0.2, 0.25) is 0 Å². The molecular formula is C20H19N3OS. The molecule has 0 spiro atoms. The fourth-order valence-electron chi connectivity index (χ4n) is 3.57. The van der Waals surface area contributed by atoms with Crippen molar-refractivity contribution in [3.05, 3.63) is 48.7 Å². The predicted molar refractivity (Wildman–Crippen MR) is 104 cm³/mol. The second-order valence-electron chi connectivity index (χ2n) is 6.46. The third kappa shape index (κ3) is 2.46. The van der Waals surface area contributed by atoms with Crippen molar-refractivity contribution >= 4 is 32.2 Å². The van der Waals surface area contributed by atoms with E-state index in [1.54, 1.807) is 18.4 Å². The Hall–Kier alpha value is -2.53. The number of nitrogens with zero attached hydrogens (tertiary/aromatic N) is 3. The van der Waals surface area contributed by atoms with Gasteiger partial charge in [0.1, 0.15) is 5.75 Å². The number of hydrogen-bond acceptors (Lipinski definition) is 4. The van der Waals surface area contributed by atoms with Crippen LogP contribution < -0.4 is 9.64 Å². The van der Waals surface area contributed by atoms with Gasteiger partial charge in [-0.05, 0) is 43.2 Å². The molecule has 0 unspecified atom stereocenters. The van der Waals surface area contributed by atoms with Crippen LogP contribution in [0.15, 0.2) is 48.7 Å². The van der Waals surface area contributed by atoms with Crippen molar-refractivity contribution in [1.82, 2.24) is 9.38 Å². The van der Waals surface area contributed by atoms with Gasteiger partial charge in [0.15, 0.2) is 4.96 Å². The summed E-state index contributed by atoms with van der Waals surface area (Å²) in [6, 6.07) is 15.0. The highest BCUT2D eigenvalue weighted by molar-refractivity contribution is 7.23. The van der Waals surface area contributed by atoms with E-state index < -0.39 is 0 Å². The summed E-state index contributed by atoms with van der Waals surface area (Å²) in [6.45, 7) is 2.35. The van der Waals surface area contributed by atoms with Crippen LogP contribution in [0.25, 0.3) is 26.4 Å². The Morgan fingerprint density at radius 2 is 1.84 bits per heavy atom. The van der Waals surface area contributed by atoms with Gasteiger partial charge in [-0.25, -0.2) is 4.98 Å². The zero-order valence-electron chi connectivity index (χ0n) is 14.1. The maximum absolute atomic E-state index is 5.31. The first-order valence-electron chi connectivity index (χ1n) is 8.63. The number of ether oxygens (including phenoxy) is 1. The fraction of sp³-hybridized carbons (Fsp3) is 0.250. The summed E-state index contributed by atoms with van der Waals surface area (Å²) in [5.41, 5.74) is 4.69. The summed E-state index contributed by atoms with van der Waals surface area (Å²) in [5.74, 6) is 0.884. The second-order valence-corrected chi connectivity index (χ2v) is 7.46. The highest BCUT2D eigenvalue weighted by atomic mass is 32.1. The van der Waals surface area contributed by atoms with E-state index in [1.165, 1.54) is 47.4 Å². The maximum atomic E-state index is 5.31. The number of rotatable bonds is 3. The van der Waals surface area contributed by atoms with E-state index in [4.69, 9.17) is 9.72 Å². The molecular weight excluding hydrogens is 329 g/mol. The zero-order valence-corrected chi connectivity index (χ0v) is 14.9. The SMILES string of the molecule is [11CH3]Oc1ccc2c(c1)sc1nc(-c3ccc(N4CCCC4)cc3)cn12. The molecule has 1 aliphatic rings. The van der Waals surface area contributed by atoms with Gasteiger partial charge in [-0.2, -0.15) is 0 Å². The fourth-order valence-corrected chi connectivity index (χ4v) is 4.60. The van der Waals surface area contributed by atoms with Crippen LogP contribution in [-0.4, -0.2) is 29.6 Å². The van der Waals surface area contributed by atoms with E-state index in [-0.39, 0.29) is 0 Å². The zero-order chi connectivity index (χ0) is 16.8. The molecule has 0 bridgehead atoms. The van der Waals surface area contributed by atoms with E-state index in [2.05, 4.69) is 51.9 Å². The largest absolute Gasteiger partial charge is 0.497 e. The molecule has 4 nitrogen and oxygen atoms in total. The van der Waals surface area contributed by atoms with Crippen LogP contribution in [0.4, 0.5) is 5.69 Å². The molecule has 1 fully saturated rings. The van der Waals surface area contributed by atoms with Crippen molar-refractivity contribution in [2.45, 2.75) is 12.8 Å². The van der Waals surface area contributed by atoms with E-state index in [1.807, 2.05) is 6.07 Å². The number of aromatic nitrogens is 2. The summed E-state index contributed by atoms with van der Waals surface area (Å²) in [6.07, 6.45) is 4.74. The molecule has 1 aliphatic heterocycles. The minimum Gasteiger partial charge on any atom is -0.497 e. The van der Waals surface area contributed by atoms with E-state index in [0.29, 0.717) is 0 Å². The number of imidazole rings is 1. The number of benzene rings is 2. The number of fused-ring (bicyclic) bond motifs is 3. The first-order chi connectivity index (χ1) is 12.3. The monoisotopic (exact) mass is 348 g/mol. The van der Waals surface area contributed by atoms with Crippen molar-refractivity contribution in [3.63, 3.8) is 0 Å². The Balaban J connectivity index is 1.52. The van der Waals surface area contributed by atoms with Gasteiger partial charge >= 0.3 is 0 Å². The lowest BCUT2D eigenvalue weighted by molar-refractivity contribution is 0.415. The van der Waals surface area contributed by atoms with Gasteiger partial charge in [0.25, 0.3) is 0 Å². The smallest absolute Gasteiger partial charge is 0.195 e. The lowest BCUT2D eigenvalue weighted by atomic mass is 10.1. The quantitative estimate of drug-likeness (QED) is 0.531. The number of hydrogen-bond donors (Lipinski definition) is 0. The van der Waals surface area contributed by atoms with Crippen molar-refractivity contribution in [3.8, 4) is 17.0 Å². The van der Waals surface area contributed by atoms with Gasteiger partial charge in [0.2, 0.25) is 0 Å². The number of methoxy groups -OCH3 is 1. The maximum Gasteiger partial charge on any atom is 0.195 e. The number of anilines is 1. The molecule has 1 saturated heterocycles. The Kier molecular flexibility index (Phi) is 3.41. The van der Waals surface area contributed by atoms with E-state index >= 15 is 0 Å². The van der Waals surface area contributed by atoms with Crippen LogP contribution in [0.1, 0.15) is 12.8 Å². The average molecular weight is 348 g/mol. The van der Waals surface area contributed by atoms with Crippen LogP contribution in [0.5, 0.6) is 5.75 Å². The predicted octanol–water partition coefficient (Wildman–Crippen LogP) is 4.82. The molecule has 0 atom stereocenters. The highest BCUT2D eigenvalue weighted by Crippen LogP contribution is 2.32. The van der Waals surface area contributed by atoms with Gasteiger partial charge < -0.3 is 9.64 Å². The molecule has 0 amide bonds. The first kappa shape index (κ1) is 14.8. The first-order valence-corrected chi connectivity index (χ1v) is 9.44. The van der Waals surface area contributed by atoms with Crippen molar-refractivity contribution in [1.29, 1.82) is 0 Å². The Bertz CT molecular complexity index is 1040. The Morgan fingerprint density at radius 3 is 2.60 bits per heavy atom. The molecule has 0 N–H and O–H groups in total. The summed E-state index contributed by atoms with van der Waals surface area (Å²) in [7, 11) is 1.70. The van der Waals surface area contributed by atoms with Gasteiger partial charge in [-0.1, -0.05) is 23.5 Å². The minimum absolute atomic E-state index is 0.884. The molecule has 0 radical (unpaired) electrons. The summed E-state index contributed by atoms with van der Waals surface area (Å²) >= 11 is 1.69. The molecule has 2 aromatic heterocycles. The molecule has 0 saturated carbocycles. The second kappa shape index (κ2) is 5.77. The highest BCUT2D eigenvalue weighted by Gasteiger charge is 2.14. The van der Waals surface area contributed by atoms with Gasteiger partial charge in [0, 0.05) is 30.5 Å². The summed E-state index contributed by atoms with van der Waals surface area (Å²) in [5, 5.41) is 0. The standard InChI is InChI=1S/C20H19N3OS/c1-24-16-8-9-18-19(12-16)25-20-21-17(13-23(18)20)14-4-6-15(7-5-14)22-10-2-3-11-22/h4-9,12-13H,2-3,10-11H2,1H3/i1-1. The third-order valence-electron chi connectivity index (χ3n) is 4.94. The van der Waals surface area contributed by atoms with Gasteiger partial charge in [-0.3, -0.25) is 4.40 Å². The third-order valence-corrected chi connectivity index (χ3v) is 5.95. The minimum atomic E-state index is 0.884. The van der Waals surface area contributed by atoms with Gasteiger partial charge in [-0.15, -0.1) is 0 Å². The van der Waals surface area contributed by atoms with Crippen molar-refractivity contribution in [2.75, 3.05) is 25.1 Å². The normalized spacial score (nSPS) is 14.7. The molecule has 0 aliphatic carbocycles. The topological polar surface area (TPSA) is 29.8 Å². The molecule has 2 aromatic carbocycles. The Morgan fingerprint density at radius 1 is 1.04 bits per heavy atom. The molecule has 126 valence electrons. The van der Waals surface area contributed by atoms with E-state index in [9.17, 15) is 0 Å². The van der Waals surface area contributed by atoms with Crippen LogP contribution in [0.3, 0.4) is 0 Å². The molecule has 25 heavy (non-hydrogen) atoms. The van der Waals surface area contributed by atoms with Crippen LogP contribution in [-0.2, 0) is 0 Å². The molecule has 4 aromatic rings. The van der Waals surface area contributed by atoms with Gasteiger partial charge in [0.05, 0.1) is 23.0 Å². The number of thiazole rings is 1.